The molecule has 0 aliphatic carbocycles. The summed E-state index contributed by atoms with van der Waals surface area (Å²) in [4.78, 5) is 14.8. The number of thiophene rings is 1. The first-order valence-corrected chi connectivity index (χ1v) is 8.76. The highest BCUT2D eigenvalue weighted by Crippen LogP contribution is 2.24. The number of nitrogens with zero attached hydrogens (tertiary/aromatic N) is 1. The first-order valence-electron chi connectivity index (χ1n) is 6.35. The van der Waals surface area contributed by atoms with E-state index in [-0.39, 0.29) is 11.7 Å². The van der Waals surface area contributed by atoms with E-state index in [1.165, 1.54) is 17.8 Å². The molecule has 0 radical (unpaired) electrons. The predicted octanol–water partition coefficient (Wildman–Crippen LogP) is 4.43. The van der Waals surface area contributed by atoms with Crippen LogP contribution in [0.4, 0.5) is 4.39 Å². The molecule has 1 aromatic heterocycles. The van der Waals surface area contributed by atoms with Crippen molar-refractivity contribution in [1.29, 1.82) is 0 Å². The molecule has 0 N–H and O–H groups in total. The molecule has 2 aromatic rings. The molecule has 21 heavy (non-hydrogen) atoms. The third-order valence-corrected chi connectivity index (χ3v) is 5.09. The highest BCUT2D eigenvalue weighted by atomic mass is 35.5. The number of amides is 1. The molecule has 2 nitrogen and oxygen atoms in total. The average Bonchev–Trinajstić information content (AvgIpc) is 2.94. The summed E-state index contributed by atoms with van der Waals surface area (Å²) in [5.74, 6) is 0.409. The van der Waals surface area contributed by atoms with E-state index in [0.717, 1.165) is 4.88 Å². The van der Waals surface area contributed by atoms with Gasteiger partial charge in [0.05, 0.1) is 12.3 Å². The number of halogens is 2. The fourth-order valence-electron chi connectivity index (χ4n) is 1.75. The lowest BCUT2D eigenvalue weighted by Crippen LogP contribution is -2.27. The summed E-state index contributed by atoms with van der Waals surface area (Å²) < 4.78 is 13.6. The van der Waals surface area contributed by atoms with Gasteiger partial charge in [-0.3, -0.25) is 4.79 Å². The Morgan fingerprint density at radius 2 is 2.19 bits per heavy atom. The number of benzene rings is 1. The van der Waals surface area contributed by atoms with Crippen LogP contribution in [0.3, 0.4) is 0 Å². The predicted molar refractivity (Wildman–Crippen MR) is 88.4 cm³/mol. The highest BCUT2D eigenvalue weighted by Gasteiger charge is 2.12. The van der Waals surface area contributed by atoms with Crippen LogP contribution in [0, 0.1) is 5.82 Å². The Labute approximate surface area is 136 Å². The number of hydrogen-bond donors (Lipinski definition) is 0. The molecule has 0 aliphatic heterocycles. The molecule has 0 bridgehead atoms. The van der Waals surface area contributed by atoms with E-state index < -0.39 is 0 Å². The van der Waals surface area contributed by atoms with Crippen LogP contribution >= 0.6 is 34.7 Å². The topological polar surface area (TPSA) is 20.3 Å². The van der Waals surface area contributed by atoms with Crippen molar-refractivity contribution >= 4 is 40.6 Å². The van der Waals surface area contributed by atoms with Crippen molar-refractivity contribution in [2.24, 2.45) is 0 Å². The lowest BCUT2D eigenvalue weighted by Gasteiger charge is -2.16. The summed E-state index contributed by atoms with van der Waals surface area (Å²) >= 11 is 8.95. The molecule has 0 aliphatic rings. The van der Waals surface area contributed by atoms with Crippen molar-refractivity contribution in [2.75, 3.05) is 12.8 Å². The van der Waals surface area contributed by atoms with Crippen LogP contribution in [0.2, 0.25) is 5.02 Å². The molecule has 0 spiro atoms. The average molecular weight is 344 g/mol. The maximum Gasteiger partial charge on any atom is 0.232 e. The molecular formula is C15H15ClFNOS2. The minimum atomic E-state index is -0.325. The molecule has 0 fully saturated rings. The largest absolute Gasteiger partial charge is 0.340 e. The Hall–Kier alpha value is -1.04. The fourth-order valence-corrected chi connectivity index (χ4v) is 3.81. The maximum absolute atomic E-state index is 13.6. The Kier molecular flexibility index (Phi) is 6.08. The normalized spacial score (nSPS) is 10.6. The Morgan fingerprint density at radius 1 is 1.38 bits per heavy atom. The maximum atomic E-state index is 13.6. The summed E-state index contributed by atoms with van der Waals surface area (Å²) in [5.41, 5.74) is 0.456. The lowest BCUT2D eigenvalue weighted by atomic mass is 10.2. The monoisotopic (exact) mass is 343 g/mol. The number of thioether (sulfide) groups is 1. The van der Waals surface area contributed by atoms with Crippen molar-refractivity contribution in [3.8, 4) is 0 Å². The second kappa shape index (κ2) is 7.82. The van der Waals surface area contributed by atoms with Crippen LogP contribution in [0.5, 0.6) is 0 Å². The van der Waals surface area contributed by atoms with E-state index in [9.17, 15) is 9.18 Å². The summed E-state index contributed by atoms with van der Waals surface area (Å²) in [7, 11) is 1.78. The molecule has 0 unspecified atom stereocenters. The van der Waals surface area contributed by atoms with Gasteiger partial charge in [-0.1, -0.05) is 23.7 Å². The van der Waals surface area contributed by atoms with Gasteiger partial charge in [0.2, 0.25) is 5.91 Å². The van der Waals surface area contributed by atoms with Gasteiger partial charge in [0, 0.05) is 28.3 Å². The van der Waals surface area contributed by atoms with Crippen LogP contribution in [-0.4, -0.2) is 23.6 Å². The first-order chi connectivity index (χ1) is 10.1. The van der Waals surface area contributed by atoms with Gasteiger partial charge in [-0.05, 0) is 23.6 Å². The third-order valence-electron chi connectivity index (χ3n) is 2.93. The van der Waals surface area contributed by atoms with Crippen LogP contribution < -0.4 is 0 Å². The summed E-state index contributed by atoms with van der Waals surface area (Å²) in [6.07, 6.45) is 0. The van der Waals surface area contributed by atoms with E-state index in [2.05, 4.69) is 0 Å². The summed E-state index contributed by atoms with van der Waals surface area (Å²) in [5, 5.41) is 2.39. The summed E-state index contributed by atoms with van der Waals surface area (Å²) in [6.45, 7) is 0.609. The van der Waals surface area contributed by atoms with Crippen LogP contribution in [-0.2, 0) is 17.1 Å². The third kappa shape index (κ3) is 4.73. The van der Waals surface area contributed by atoms with E-state index >= 15 is 0 Å². The highest BCUT2D eigenvalue weighted by molar-refractivity contribution is 7.99. The second-order valence-corrected chi connectivity index (χ2v) is 6.95. The van der Waals surface area contributed by atoms with E-state index in [1.807, 2.05) is 17.5 Å². The SMILES string of the molecule is CN(Cc1cccs1)C(=O)CSCc1c(F)cccc1Cl. The van der Waals surface area contributed by atoms with Gasteiger partial charge in [-0.25, -0.2) is 4.39 Å². The van der Waals surface area contributed by atoms with E-state index in [1.54, 1.807) is 35.4 Å². The zero-order valence-corrected chi connectivity index (χ0v) is 13.9. The first kappa shape index (κ1) is 16.3. The molecule has 112 valence electrons. The molecule has 0 saturated carbocycles. The number of rotatable bonds is 6. The number of hydrogen-bond acceptors (Lipinski definition) is 3. The number of carbonyl (C=O) groups excluding carboxylic acids is 1. The lowest BCUT2D eigenvalue weighted by molar-refractivity contribution is -0.127. The van der Waals surface area contributed by atoms with Crippen LogP contribution in [0.25, 0.3) is 0 Å². The van der Waals surface area contributed by atoms with Gasteiger partial charge >= 0.3 is 0 Å². The van der Waals surface area contributed by atoms with Gasteiger partial charge in [0.1, 0.15) is 5.82 Å². The molecule has 2 rings (SSSR count). The minimum absolute atomic E-state index is 0.0286. The van der Waals surface area contributed by atoms with Crippen molar-refractivity contribution < 1.29 is 9.18 Å². The minimum Gasteiger partial charge on any atom is -0.340 e. The van der Waals surface area contributed by atoms with Crippen LogP contribution in [0.15, 0.2) is 35.7 Å². The molecule has 1 heterocycles. The van der Waals surface area contributed by atoms with Gasteiger partial charge in [-0.2, -0.15) is 0 Å². The summed E-state index contributed by atoms with van der Waals surface area (Å²) in [6, 6.07) is 8.58. The van der Waals surface area contributed by atoms with Crippen molar-refractivity contribution in [1.82, 2.24) is 4.90 Å². The molecule has 6 heteroatoms. The van der Waals surface area contributed by atoms with Gasteiger partial charge < -0.3 is 4.90 Å². The van der Waals surface area contributed by atoms with Crippen LogP contribution in [0.1, 0.15) is 10.4 Å². The molecule has 1 amide bonds. The number of carbonyl (C=O) groups is 1. The van der Waals surface area contributed by atoms with Crippen molar-refractivity contribution in [3.63, 3.8) is 0 Å². The molecule has 1 aromatic carbocycles. The molecule has 0 saturated heterocycles. The van der Waals surface area contributed by atoms with E-state index in [0.29, 0.717) is 28.6 Å². The molecule has 0 atom stereocenters. The standard InChI is InChI=1S/C15H15ClFNOS2/c1-18(8-11-4-3-7-21-11)15(19)10-20-9-12-13(16)5-2-6-14(12)17/h2-7H,8-10H2,1H3. The Balaban J connectivity index is 1.81. The van der Waals surface area contributed by atoms with Crippen molar-refractivity contribution in [2.45, 2.75) is 12.3 Å². The van der Waals surface area contributed by atoms with Gasteiger partial charge in [0.15, 0.2) is 0 Å². The van der Waals surface area contributed by atoms with E-state index in [4.69, 9.17) is 11.6 Å². The smallest absolute Gasteiger partial charge is 0.232 e. The zero-order chi connectivity index (χ0) is 15.2. The Bertz CT molecular complexity index is 583. The fraction of sp³-hybridized carbons (Fsp3) is 0.267. The zero-order valence-electron chi connectivity index (χ0n) is 11.5. The van der Waals surface area contributed by atoms with Crippen molar-refractivity contribution in [3.05, 3.63) is 57.0 Å². The van der Waals surface area contributed by atoms with Gasteiger partial charge in [-0.15, -0.1) is 23.1 Å². The quantitative estimate of drug-likeness (QED) is 0.773. The Morgan fingerprint density at radius 3 is 2.86 bits per heavy atom. The second-order valence-electron chi connectivity index (χ2n) is 4.52. The van der Waals surface area contributed by atoms with Gasteiger partial charge in [0.25, 0.3) is 0 Å². The molecular weight excluding hydrogens is 329 g/mol.